The first kappa shape index (κ1) is 9.66. The van der Waals surface area contributed by atoms with Crippen LogP contribution in [0.4, 0.5) is 4.39 Å². The second kappa shape index (κ2) is 3.35. The average Bonchev–Trinajstić information content (AvgIpc) is 2.82. The molecule has 1 fully saturated rings. The van der Waals surface area contributed by atoms with Crippen molar-refractivity contribution in [2.45, 2.75) is 18.5 Å². The molecule has 1 saturated carbocycles. The highest BCUT2D eigenvalue weighted by molar-refractivity contribution is 6.30. The van der Waals surface area contributed by atoms with Crippen molar-refractivity contribution in [2.75, 3.05) is 0 Å². The molecule has 74 valence electrons. The first-order valence-electron chi connectivity index (χ1n) is 4.54. The molecule has 0 amide bonds. The third-order valence-corrected chi connectivity index (χ3v) is 2.92. The number of carbonyl (C=O) groups is 1. The fourth-order valence-electron chi connectivity index (χ4n) is 1.61. The SMILES string of the molecule is O=CC1(F)CC1Cc1ccc(Cl)cc1. The van der Waals surface area contributed by atoms with Gasteiger partial charge in [-0.3, -0.25) is 4.79 Å². The van der Waals surface area contributed by atoms with Crippen molar-refractivity contribution in [1.82, 2.24) is 0 Å². The molecule has 0 spiro atoms. The number of rotatable bonds is 3. The molecule has 1 nitrogen and oxygen atoms in total. The van der Waals surface area contributed by atoms with Crippen LogP contribution in [-0.2, 0) is 11.2 Å². The Labute approximate surface area is 86.9 Å². The highest BCUT2D eigenvalue weighted by Crippen LogP contribution is 2.47. The molecule has 0 heterocycles. The lowest BCUT2D eigenvalue weighted by Gasteiger charge is -2.00. The maximum absolute atomic E-state index is 13.3. The lowest BCUT2D eigenvalue weighted by molar-refractivity contribution is -0.113. The molecule has 14 heavy (non-hydrogen) atoms. The Morgan fingerprint density at radius 1 is 1.50 bits per heavy atom. The van der Waals surface area contributed by atoms with Crippen LogP contribution in [0.5, 0.6) is 0 Å². The van der Waals surface area contributed by atoms with Gasteiger partial charge in [0.25, 0.3) is 0 Å². The summed E-state index contributed by atoms with van der Waals surface area (Å²) in [7, 11) is 0. The molecule has 3 heteroatoms. The van der Waals surface area contributed by atoms with Crippen LogP contribution in [-0.4, -0.2) is 12.0 Å². The molecule has 0 radical (unpaired) electrons. The van der Waals surface area contributed by atoms with Gasteiger partial charge in [-0.25, -0.2) is 4.39 Å². The molecule has 2 rings (SSSR count). The zero-order valence-electron chi connectivity index (χ0n) is 7.54. The summed E-state index contributed by atoms with van der Waals surface area (Å²) in [6.45, 7) is 0. The predicted molar refractivity (Wildman–Crippen MR) is 53.2 cm³/mol. The number of alkyl halides is 1. The van der Waals surface area contributed by atoms with Gasteiger partial charge in [0.15, 0.2) is 12.0 Å². The summed E-state index contributed by atoms with van der Waals surface area (Å²) in [5, 5.41) is 0.673. The molecule has 1 aliphatic carbocycles. The van der Waals surface area contributed by atoms with Gasteiger partial charge >= 0.3 is 0 Å². The van der Waals surface area contributed by atoms with Crippen LogP contribution in [0.2, 0.25) is 5.02 Å². The quantitative estimate of drug-likeness (QED) is 0.705. The van der Waals surface area contributed by atoms with Gasteiger partial charge in [0.1, 0.15) is 0 Å². The Morgan fingerprint density at radius 3 is 2.64 bits per heavy atom. The van der Waals surface area contributed by atoms with Crippen molar-refractivity contribution in [1.29, 1.82) is 0 Å². The van der Waals surface area contributed by atoms with Crippen LogP contribution in [0.15, 0.2) is 24.3 Å². The van der Waals surface area contributed by atoms with Gasteiger partial charge in [-0.05, 0) is 30.5 Å². The van der Waals surface area contributed by atoms with Gasteiger partial charge in [-0.2, -0.15) is 0 Å². The molecule has 1 aromatic rings. The van der Waals surface area contributed by atoms with E-state index in [0.717, 1.165) is 5.56 Å². The summed E-state index contributed by atoms with van der Waals surface area (Å²) >= 11 is 5.72. The standard InChI is InChI=1S/C11H10ClFO/c12-10-3-1-8(2-4-10)5-9-6-11(9,13)7-14/h1-4,7,9H,5-6H2. The van der Waals surface area contributed by atoms with Crippen LogP contribution in [0.25, 0.3) is 0 Å². The van der Waals surface area contributed by atoms with E-state index in [0.29, 0.717) is 24.2 Å². The highest BCUT2D eigenvalue weighted by Gasteiger charge is 2.55. The summed E-state index contributed by atoms with van der Waals surface area (Å²) < 4.78 is 13.3. The summed E-state index contributed by atoms with van der Waals surface area (Å²) in [6.07, 6.45) is 1.40. The molecule has 0 bridgehead atoms. The van der Waals surface area contributed by atoms with Crippen molar-refractivity contribution in [3.05, 3.63) is 34.9 Å². The second-order valence-corrected chi connectivity index (χ2v) is 4.21. The average molecular weight is 213 g/mol. The smallest absolute Gasteiger partial charge is 0.169 e. The van der Waals surface area contributed by atoms with E-state index in [4.69, 9.17) is 11.6 Å². The van der Waals surface area contributed by atoms with E-state index >= 15 is 0 Å². The molecule has 1 aromatic carbocycles. The summed E-state index contributed by atoms with van der Waals surface area (Å²) in [5.41, 5.74) is -0.527. The number of hydrogen-bond acceptors (Lipinski definition) is 1. The fraction of sp³-hybridized carbons (Fsp3) is 0.364. The van der Waals surface area contributed by atoms with Crippen LogP contribution in [0.3, 0.4) is 0 Å². The zero-order chi connectivity index (χ0) is 10.2. The van der Waals surface area contributed by atoms with Crippen LogP contribution in [0, 0.1) is 5.92 Å². The molecule has 1 aliphatic rings. The minimum absolute atomic E-state index is 0.138. The largest absolute Gasteiger partial charge is 0.300 e. The summed E-state index contributed by atoms with van der Waals surface area (Å²) in [6, 6.07) is 7.29. The maximum atomic E-state index is 13.3. The van der Waals surface area contributed by atoms with E-state index in [1.54, 1.807) is 12.1 Å². The first-order valence-corrected chi connectivity index (χ1v) is 4.91. The molecular formula is C11H10ClFO. The summed E-state index contributed by atoms with van der Waals surface area (Å²) in [4.78, 5) is 10.3. The normalized spacial score (nSPS) is 30.0. The van der Waals surface area contributed by atoms with E-state index in [1.165, 1.54) is 0 Å². The first-order chi connectivity index (χ1) is 6.64. The monoisotopic (exact) mass is 212 g/mol. The Kier molecular flexibility index (Phi) is 2.31. The second-order valence-electron chi connectivity index (χ2n) is 3.78. The van der Waals surface area contributed by atoms with E-state index in [9.17, 15) is 9.18 Å². The minimum atomic E-state index is -1.56. The van der Waals surface area contributed by atoms with Gasteiger partial charge in [0.2, 0.25) is 0 Å². The topological polar surface area (TPSA) is 17.1 Å². The van der Waals surface area contributed by atoms with E-state index in [-0.39, 0.29) is 5.92 Å². The molecule has 0 aromatic heterocycles. The predicted octanol–water partition coefficient (Wildman–Crippen LogP) is 2.81. The fourth-order valence-corrected chi connectivity index (χ4v) is 1.74. The minimum Gasteiger partial charge on any atom is -0.300 e. The van der Waals surface area contributed by atoms with Crippen molar-refractivity contribution in [3.63, 3.8) is 0 Å². The third kappa shape index (κ3) is 1.80. The lowest BCUT2D eigenvalue weighted by Crippen LogP contribution is -2.06. The Hall–Kier alpha value is -0.890. The van der Waals surface area contributed by atoms with Crippen molar-refractivity contribution < 1.29 is 9.18 Å². The maximum Gasteiger partial charge on any atom is 0.169 e. The van der Waals surface area contributed by atoms with Gasteiger partial charge < -0.3 is 0 Å². The Bertz CT molecular complexity index is 349. The highest BCUT2D eigenvalue weighted by atomic mass is 35.5. The van der Waals surface area contributed by atoms with Crippen molar-refractivity contribution in [3.8, 4) is 0 Å². The van der Waals surface area contributed by atoms with Crippen LogP contribution < -0.4 is 0 Å². The lowest BCUT2D eigenvalue weighted by atomic mass is 10.1. The third-order valence-electron chi connectivity index (χ3n) is 2.67. The summed E-state index contributed by atoms with van der Waals surface area (Å²) in [5.74, 6) is -0.138. The molecular weight excluding hydrogens is 203 g/mol. The molecule has 2 atom stereocenters. The Balaban J connectivity index is 2.00. The van der Waals surface area contributed by atoms with Crippen molar-refractivity contribution in [2.24, 2.45) is 5.92 Å². The van der Waals surface area contributed by atoms with Crippen LogP contribution >= 0.6 is 11.6 Å². The Morgan fingerprint density at radius 2 is 2.14 bits per heavy atom. The van der Waals surface area contributed by atoms with Gasteiger partial charge in [0, 0.05) is 10.9 Å². The van der Waals surface area contributed by atoms with E-state index in [1.807, 2.05) is 12.1 Å². The number of aldehydes is 1. The molecule has 0 saturated heterocycles. The molecule has 0 N–H and O–H groups in total. The van der Waals surface area contributed by atoms with Gasteiger partial charge in [-0.15, -0.1) is 0 Å². The zero-order valence-corrected chi connectivity index (χ0v) is 8.30. The number of carbonyl (C=O) groups excluding carboxylic acids is 1. The number of halogens is 2. The van der Waals surface area contributed by atoms with Gasteiger partial charge in [-0.1, -0.05) is 23.7 Å². The van der Waals surface area contributed by atoms with Crippen molar-refractivity contribution >= 4 is 17.9 Å². The number of benzene rings is 1. The van der Waals surface area contributed by atoms with E-state index in [2.05, 4.69) is 0 Å². The van der Waals surface area contributed by atoms with Gasteiger partial charge in [0.05, 0.1) is 0 Å². The van der Waals surface area contributed by atoms with E-state index < -0.39 is 5.67 Å². The number of hydrogen-bond donors (Lipinski definition) is 0. The molecule has 2 unspecified atom stereocenters. The van der Waals surface area contributed by atoms with Crippen LogP contribution in [0.1, 0.15) is 12.0 Å². The molecule has 0 aliphatic heterocycles.